The molecule has 6 nitrogen and oxygen atoms in total. The zero-order valence-electron chi connectivity index (χ0n) is 25.0. The van der Waals surface area contributed by atoms with Crippen molar-refractivity contribution < 1.29 is 19.5 Å². The van der Waals surface area contributed by atoms with Gasteiger partial charge in [0.2, 0.25) is 0 Å². The summed E-state index contributed by atoms with van der Waals surface area (Å²) in [5.41, 5.74) is 4.44. The average molecular weight is 577 g/mol. The minimum Gasteiger partial charge on any atom is -0.481 e. The fourth-order valence-corrected chi connectivity index (χ4v) is 5.28. The van der Waals surface area contributed by atoms with E-state index in [9.17, 15) is 19.5 Å². The molecule has 0 radical (unpaired) electrons. The Morgan fingerprint density at radius 1 is 0.674 bits per heavy atom. The van der Waals surface area contributed by atoms with Crippen LogP contribution >= 0.6 is 0 Å². The third-order valence-corrected chi connectivity index (χ3v) is 7.64. The number of nitrogens with zero attached hydrogens (tertiary/aromatic N) is 2. The Hall–Kier alpha value is -4.71. The van der Waals surface area contributed by atoms with E-state index in [2.05, 4.69) is 6.92 Å². The first-order valence-corrected chi connectivity index (χ1v) is 15.0. The smallest absolute Gasteiger partial charge is 0.305 e. The summed E-state index contributed by atoms with van der Waals surface area (Å²) < 4.78 is 0. The number of hydrogen-bond acceptors (Lipinski definition) is 3. The van der Waals surface area contributed by atoms with Gasteiger partial charge in [-0.1, -0.05) is 117 Å². The van der Waals surface area contributed by atoms with Crippen LogP contribution in [0.1, 0.15) is 70.9 Å². The second-order valence-corrected chi connectivity index (χ2v) is 10.9. The topological polar surface area (TPSA) is 77.9 Å². The number of benzene rings is 4. The summed E-state index contributed by atoms with van der Waals surface area (Å²) in [6.45, 7) is 5.72. The molecular formula is C37H40N2O4. The SMILES string of the molecule is CCCCN(Cc1ccccc1)C(=O)c1ccccc1-c1ccccc1C(=O)N(CCC(=O)O)CC(C)c1ccccc1. The van der Waals surface area contributed by atoms with Crippen LogP contribution in [0.2, 0.25) is 0 Å². The highest BCUT2D eigenvalue weighted by atomic mass is 16.4. The van der Waals surface area contributed by atoms with Crippen LogP contribution < -0.4 is 0 Å². The zero-order valence-corrected chi connectivity index (χ0v) is 25.0. The van der Waals surface area contributed by atoms with Gasteiger partial charge in [-0.25, -0.2) is 0 Å². The van der Waals surface area contributed by atoms with Crippen LogP contribution in [0.3, 0.4) is 0 Å². The lowest BCUT2D eigenvalue weighted by molar-refractivity contribution is -0.137. The van der Waals surface area contributed by atoms with Gasteiger partial charge in [0.15, 0.2) is 0 Å². The molecule has 0 saturated carbocycles. The van der Waals surface area contributed by atoms with Crippen LogP contribution in [-0.4, -0.2) is 52.3 Å². The fraction of sp³-hybridized carbons (Fsp3) is 0.270. The summed E-state index contributed by atoms with van der Waals surface area (Å²) >= 11 is 0. The first kappa shape index (κ1) is 31.2. The molecule has 222 valence electrons. The molecular weight excluding hydrogens is 536 g/mol. The van der Waals surface area contributed by atoms with Crippen molar-refractivity contribution in [2.75, 3.05) is 19.6 Å². The predicted octanol–water partition coefficient (Wildman–Crippen LogP) is 7.52. The molecule has 4 rings (SSSR count). The monoisotopic (exact) mass is 576 g/mol. The Bertz CT molecular complexity index is 1500. The molecule has 4 aromatic rings. The molecule has 0 bridgehead atoms. The van der Waals surface area contributed by atoms with Crippen molar-refractivity contribution in [3.05, 3.63) is 131 Å². The average Bonchev–Trinajstić information content (AvgIpc) is 3.05. The lowest BCUT2D eigenvalue weighted by Crippen LogP contribution is -2.36. The second-order valence-electron chi connectivity index (χ2n) is 10.9. The van der Waals surface area contributed by atoms with Crippen molar-refractivity contribution in [1.29, 1.82) is 0 Å². The quantitative estimate of drug-likeness (QED) is 0.168. The van der Waals surface area contributed by atoms with E-state index in [1.807, 2.05) is 109 Å². The Labute approximate surface area is 254 Å². The molecule has 0 aliphatic carbocycles. The summed E-state index contributed by atoms with van der Waals surface area (Å²) in [5, 5.41) is 9.44. The maximum atomic E-state index is 14.2. The zero-order chi connectivity index (χ0) is 30.6. The third-order valence-electron chi connectivity index (χ3n) is 7.64. The minimum atomic E-state index is -0.958. The van der Waals surface area contributed by atoms with Crippen molar-refractivity contribution in [2.24, 2.45) is 0 Å². The normalized spacial score (nSPS) is 11.5. The molecule has 0 aliphatic heterocycles. The Morgan fingerprint density at radius 2 is 1.19 bits per heavy atom. The van der Waals surface area contributed by atoms with E-state index in [1.54, 1.807) is 17.0 Å². The number of hydrogen-bond donors (Lipinski definition) is 1. The van der Waals surface area contributed by atoms with Crippen molar-refractivity contribution in [3.8, 4) is 11.1 Å². The van der Waals surface area contributed by atoms with Gasteiger partial charge in [0.1, 0.15) is 0 Å². The third kappa shape index (κ3) is 8.41. The highest BCUT2D eigenvalue weighted by Gasteiger charge is 2.25. The van der Waals surface area contributed by atoms with E-state index in [1.165, 1.54) is 0 Å². The fourth-order valence-electron chi connectivity index (χ4n) is 5.28. The van der Waals surface area contributed by atoms with Gasteiger partial charge in [0.05, 0.1) is 6.42 Å². The van der Waals surface area contributed by atoms with E-state index in [0.29, 0.717) is 41.9 Å². The number of carboxylic acids is 1. The van der Waals surface area contributed by atoms with E-state index in [-0.39, 0.29) is 30.7 Å². The van der Waals surface area contributed by atoms with Crippen molar-refractivity contribution in [2.45, 2.75) is 45.6 Å². The maximum Gasteiger partial charge on any atom is 0.305 e. The van der Waals surface area contributed by atoms with Gasteiger partial charge < -0.3 is 14.9 Å². The largest absolute Gasteiger partial charge is 0.481 e. The summed E-state index contributed by atoms with van der Waals surface area (Å²) in [4.78, 5) is 43.3. The van der Waals surface area contributed by atoms with Crippen LogP contribution in [-0.2, 0) is 11.3 Å². The molecule has 2 amide bonds. The Morgan fingerprint density at radius 3 is 1.74 bits per heavy atom. The predicted molar refractivity (Wildman–Crippen MR) is 171 cm³/mol. The molecule has 0 spiro atoms. The summed E-state index contributed by atoms with van der Waals surface area (Å²) in [7, 11) is 0. The van der Waals surface area contributed by atoms with Crippen LogP contribution in [0.4, 0.5) is 0 Å². The molecule has 1 N–H and O–H groups in total. The van der Waals surface area contributed by atoms with Crippen LogP contribution in [0, 0.1) is 0 Å². The van der Waals surface area contributed by atoms with Gasteiger partial charge in [-0.15, -0.1) is 0 Å². The summed E-state index contributed by atoms with van der Waals surface area (Å²) in [6.07, 6.45) is 1.69. The summed E-state index contributed by atoms with van der Waals surface area (Å²) in [6, 6.07) is 34.6. The van der Waals surface area contributed by atoms with Gasteiger partial charge in [0, 0.05) is 37.3 Å². The second kappa shape index (κ2) is 15.5. The van der Waals surface area contributed by atoms with E-state index >= 15 is 0 Å². The molecule has 43 heavy (non-hydrogen) atoms. The Balaban J connectivity index is 1.69. The first-order chi connectivity index (χ1) is 20.9. The van der Waals surface area contributed by atoms with Crippen molar-refractivity contribution in [3.63, 3.8) is 0 Å². The van der Waals surface area contributed by atoms with Crippen molar-refractivity contribution in [1.82, 2.24) is 9.80 Å². The van der Waals surface area contributed by atoms with Gasteiger partial charge in [-0.05, 0) is 46.7 Å². The Kier molecular flexibility index (Phi) is 11.3. The summed E-state index contributed by atoms with van der Waals surface area (Å²) in [5.74, 6) is -1.30. The van der Waals surface area contributed by atoms with Crippen LogP contribution in [0.25, 0.3) is 11.1 Å². The molecule has 1 unspecified atom stereocenters. The molecule has 6 heteroatoms. The van der Waals surface area contributed by atoms with Crippen LogP contribution in [0.15, 0.2) is 109 Å². The van der Waals surface area contributed by atoms with Crippen LogP contribution in [0.5, 0.6) is 0 Å². The number of amides is 2. The number of unbranched alkanes of at least 4 members (excludes halogenated alkanes) is 1. The van der Waals surface area contributed by atoms with E-state index in [4.69, 9.17) is 0 Å². The van der Waals surface area contributed by atoms with Gasteiger partial charge >= 0.3 is 5.97 Å². The number of rotatable bonds is 14. The molecule has 1 atom stereocenters. The lowest BCUT2D eigenvalue weighted by Gasteiger charge is -2.27. The molecule has 0 fully saturated rings. The molecule has 0 aromatic heterocycles. The van der Waals surface area contributed by atoms with E-state index < -0.39 is 5.97 Å². The van der Waals surface area contributed by atoms with Gasteiger partial charge in [-0.2, -0.15) is 0 Å². The van der Waals surface area contributed by atoms with Crippen molar-refractivity contribution >= 4 is 17.8 Å². The first-order valence-electron chi connectivity index (χ1n) is 15.0. The number of carboxylic acid groups (broad SMARTS) is 1. The molecule has 0 heterocycles. The number of carbonyl (C=O) groups is 3. The highest BCUT2D eigenvalue weighted by molar-refractivity contribution is 6.06. The number of carbonyl (C=O) groups excluding carboxylic acids is 2. The lowest BCUT2D eigenvalue weighted by atomic mass is 9.93. The highest BCUT2D eigenvalue weighted by Crippen LogP contribution is 2.30. The van der Waals surface area contributed by atoms with Gasteiger partial charge in [0.25, 0.3) is 11.8 Å². The molecule has 0 aliphatic rings. The van der Waals surface area contributed by atoms with Gasteiger partial charge in [-0.3, -0.25) is 14.4 Å². The minimum absolute atomic E-state index is 0.00471. The maximum absolute atomic E-state index is 14.2. The number of aliphatic carboxylic acids is 1. The van der Waals surface area contributed by atoms with E-state index in [0.717, 1.165) is 24.0 Å². The standard InChI is InChI=1S/C37H40N2O4/c1-3-4-24-38(27-29-15-7-5-8-16-29)36(42)33-21-13-11-19-31(33)32-20-12-14-22-34(32)37(43)39(25-23-35(40)41)26-28(2)30-17-9-6-10-18-30/h5-22,28H,3-4,23-27H2,1-2H3,(H,40,41). The molecule has 4 aromatic carbocycles. The molecule has 0 saturated heterocycles.